The number of anilines is 1. The monoisotopic (exact) mass is 445 g/mol. The molecule has 2 atom stereocenters. The number of cyclic esters (lactones) is 1. The Morgan fingerprint density at radius 3 is 2.71 bits per heavy atom. The summed E-state index contributed by atoms with van der Waals surface area (Å²) >= 11 is 0. The van der Waals surface area contributed by atoms with Crippen LogP contribution in [0.5, 0.6) is 0 Å². The third-order valence-electron chi connectivity index (χ3n) is 5.22. The summed E-state index contributed by atoms with van der Waals surface area (Å²) in [6.45, 7) is -0.313. The third kappa shape index (κ3) is 3.75. The number of benzene rings is 1. The topological polar surface area (TPSA) is 156 Å². The largest absolute Gasteiger partial charge is 0.567 e. The van der Waals surface area contributed by atoms with Gasteiger partial charge >= 0.3 is 14.3 Å². The van der Waals surface area contributed by atoms with Crippen LogP contribution >= 0.6 is 8.17 Å². The number of fused-ring (bicyclic) bond motifs is 3. The first-order chi connectivity index (χ1) is 14.8. The molecule has 0 radical (unpaired) electrons. The van der Waals surface area contributed by atoms with Crippen LogP contribution in [0.25, 0.3) is 22.6 Å². The molecule has 0 bridgehead atoms. The van der Waals surface area contributed by atoms with E-state index >= 15 is 0 Å². The number of pyridine rings is 1. The van der Waals surface area contributed by atoms with Crippen LogP contribution in [0.2, 0.25) is 0 Å². The van der Waals surface area contributed by atoms with Gasteiger partial charge < -0.3 is 4.74 Å². The second-order valence-electron chi connectivity index (χ2n) is 7.25. The molecule has 2 aliphatic heterocycles. The van der Waals surface area contributed by atoms with Gasteiger partial charge in [-0.25, -0.2) is 4.79 Å². The Morgan fingerprint density at radius 1 is 1.23 bits per heavy atom. The molecule has 31 heavy (non-hydrogen) atoms. The number of amides is 1. The van der Waals surface area contributed by atoms with Crippen LogP contribution in [0.1, 0.15) is 5.56 Å². The third-order valence-corrected chi connectivity index (χ3v) is 5.72. The van der Waals surface area contributed by atoms with Gasteiger partial charge in [-0.05, 0) is 41.0 Å². The van der Waals surface area contributed by atoms with Gasteiger partial charge in [-0.1, -0.05) is 12.1 Å². The van der Waals surface area contributed by atoms with Gasteiger partial charge in [-0.15, -0.1) is 14.7 Å². The number of aryl methyl sites for hydroxylation is 1. The first kappa shape index (κ1) is 19.9. The summed E-state index contributed by atoms with van der Waals surface area (Å²) in [5.74, 6) is 0.440. The van der Waals surface area contributed by atoms with Gasteiger partial charge in [0.25, 0.3) is 0 Å². The molecular weight excluding hydrogens is 427 g/mol. The number of tetrazole rings is 1. The minimum Gasteiger partial charge on any atom is -0.441 e. The molecule has 3 N–H and O–H groups in total. The molecular formula is C18H18N6O6P+. The Bertz CT molecular complexity index is 1150. The SMILES string of the molecule is Cn1nnc(-c2ccc(-c3ccc4c(c3)C[C@H]3[C@H](CO[P+](O)(O)O)OC(=O)N43)cn2)n1. The van der Waals surface area contributed by atoms with Gasteiger partial charge in [0.1, 0.15) is 12.3 Å². The molecule has 1 saturated heterocycles. The lowest BCUT2D eigenvalue weighted by Crippen LogP contribution is -2.35. The van der Waals surface area contributed by atoms with Crippen LogP contribution in [-0.2, 0) is 22.7 Å². The summed E-state index contributed by atoms with van der Waals surface area (Å²) in [5, 5.41) is 11.9. The molecule has 2 aromatic heterocycles. The maximum Gasteiger partial charge on any atom is 0.567 e. The normalized spacial score (nSPS) is 20.0. The lowest BCUT2D eigenvalue weighted by atomic mass is 10.0. The van der Waals surface area contributed by atoms with Crippen LogP contribution < -0.4 is 4.90 Å². The van der Waals surface area contributed by atoms with Gasteiger partial charge in [-0.3, -0.25) is 9.88 Å². The maximum absolute atomic E-state index is 12.3. The van der Waals surface area contributed by atoms with E-state index in [1.807, 2.05) is 30.3 Å². The van der Waals surface area contributed by atoms with Gasteiger partial charge in [0.2, 0.25) is 5.82 Å². The summed E-state index contributed by atoms with van der Waals surface area (Å²) in [7, 11) is -2.72. The van der Waals surface area contributed by atoms with E-state index in [4.69, 9.17) is 19.4 Å². The highest BCUT2D eigenvalue weighted by Crippen LogP contribution is 2.47. The van der Waals surface area contributed by atoms with E-state index in [1.54, 1.807) is 13.2 Å². The number of carbonyl (C=O) groups is 1. The highest BCUT2D eigenvalue weighted by Gasteiger charge is 2.49. The minimum atomic E-state index is -4.40. The summed E-state index contributed by atoms with van der Waals surface area (Å²) in [6.07, 6.45) is 0.965. The lowest BCUT2D eigenvalue weighted by molar-refractivity contribution is 0.0659. The molecule has 12 nitrogen and oxygen atoms in total. The summed E-state index contributed by atoms with van der Waals surface area (Å²) in [5.41, 5.74) is 4.10. The number of ether oxygens (including phenoxy) is 1. The highest BCUT2D eigenvalue weighted by atomic mass is 31.2. The molecule has 13 heteroatoms. The Hall–Kier alpha value is -3.02. The maximum atomic E-state index is 12.3. The quantitative estimate of drug-likeness (QED) is 0.481. The Labute approximate surface area is 176 Å². The summed E-state index contributed by atoms with van der Waals surface area (Å²) in [6, 6.07) is 9.09. The molecule has 3 aromatic rings. The molecule has 0 saturated carbocycles. The minimum absolute atomic E-state index is 0.313. The second kappa shape index (κ2) is 7.29. The van der Waals surface area contributed by atoms with Crippen molar-refractivity contribution in [2.75, 3.05) is 11.5 Å². The van der Waals surface area contributed by atoms with E-state index in [-0.39, 0.29) is 12.6 Å². The Kier molecular flexibility index (Phi) is 4.68. The summed E-state index contributed by atoms with van der Waals surface area (Å²) in [4.78, 5) is 46.8. The molecule has 1 aromatic carbocycles. The first-order valence-corrected chi connectivity index (χ1v) is 10.9. The smallest absolute Gasteiger partial charge is 0.441 e. The first-order valence-electron chi connectivity index (χ1n) is 9.34. The van der Waals surface area contributed by atoms with Crippen molar-refractivity contribution in [3.05, 3.63) is 42.1 Å². The van der Waals surface area contributed by atoms with Crippen molar-refractivity contribution in [3.63, 3.8) is 0 Å². The molecule has 2 aliphatic rings. The average Bonchev–Trinajstić information content (AvgIpc) is 3.41. The van der Waals surface area contributed by atoms with E-state index in [0.717, 1.165) is 22.4 Å². The molecule has 1 fully saturated rings. The van der Waals surface area contributed by atoms with Gasteiger partial charge in [0.05, 0.1) is 18.8 Å². The van der Waals surface area contributed by atoms with Crippen LogP contribution in [0.3, 0.4) is 0 Å². The molecule has 0 aliphatic carbocycles. The zero-order valence-corrected chi connectivity index (χ0v) is 17.1. The van der Waals surface area contributed by atoms with Crippen molar-refractivity contribution >= 4 is 20.0 Å². The van der Waals surface area contributed by atoms with E-state index < -0.39 is 20.4 Å². The lowest BCUT2D eigenvalue weighted by Gasteiger charge is -2.15. The van der Waals surface area contributed by atoms with Crippen LogP contribution in [-0.4, -0.2) is 64.7 Å². The van der Waals surface area contributed by atoms with Crippen LogP contribution in [0, 0.1) is 0 Å². The number of aromatic nitrogens is 5. The van der Waals surface area contributed by atoms with Crippen molar-refractivity contribution in [3.8, 4) is 22.6 Å². The fourth-order valence-corrected chi connectivity index (χ4v) is 4.20. The van der Waals surface area contributed by atoms with Crippen molar-refractivity contribution < 1.29 is 28.7 Å². The predicted molar refractivity (Wildman–Crippen MR) is 107 cm³/mol. The number of nitrogens with zero attached hydrogens (tertiary/aromatic N) is 6. The number of hydrogen-bond acceptors (Lipinski definition) is 10. The van der Waals surface area contributed by atoms with E-state index in [2.05, 4.69) is 24.9 Å². The highest BCUT2D eigenvalue weighted by molar-refractivity contribution is 7.53. The molecule has 1 amide bonds. The zero-order valence-electron chi connectivity index (χ0n) is 16.2. The van der Waals surface area contributed by atoms with Gasteiger partial charge in [0.15, 0.2) is 6.10 Å². The number of rotatable bonds is 5. The van der Waals surface area contributed by atoms with Crippen molar-refractivity contribution in [1.29, 1.82) is 0 Å². The average molecular weight is 445 g/mol. The van der Waals surface area contributed by atoms with Crippen LogP contribution in [0.4, 0.5) is 10.5 Å². The summed E-state index contributed by atoms with van der Waals surface area (Å²) < 4.78 is 9.93. The van der Waals surface area contributed by atoms with Gasteiger partial charge in [0, 0.05) is 11.8 Å². The molecule has 0 spiro atoms. The second-order valence-corrected chi connectivity index (χ2v) is 8.54. The fraction of sp³-hybridized carbons (Fsp3) is 0.278. The van der Waals surface area contributed by atoms with E-state index in [9.17, 15) is 4.79 Å². The zero-order chi connectivity index (χ0) is 21.8. The number of hydrogen-bond donors (Lipinski definition) is 3. The Balaban J connectivity index is 1.37. The van der Waals surface area contributed by atoms with E-state index in [0.29, 0.717) is 17.9 Å². The van der Waals surface area contributed by atoms with E-state index in [1.165, 1.54) is 9.70 Å². The molecule has 4 heterocycles. The Morgan fingerprint density at radius 2 is 2.03 bits per heavy atom. The van der Waals surface area contributed by atoms with Crippen molar-refractivity contribution in [2.24, 2.45) is 7.05 Å². The molecule has 5 rings (SSSR count). The van der Waals surface area contributed by atoms with Crippen LogP contribution in [0.15, 0.2) is 36.5 Å². The molecule has 160 valence electrons. The van der Waals surface area contributed by atoms with Crippen molar-refractivity contribution in [2.45, 2.75) is 18.6 Å². The predicted octanol–water partition coefficient (Wildman–Crippen LogP) is 0.860. The fourth-order valence-electron chi connectivity index (χ4n) is 3.86. The van der Waals surface area contributed by atoms with Crippen molar-refractivity contribution in [1.82, 2.24) is 25.2 Å². The number of carbonyl (C=O) groups excluding carboxylic acids is 1. The molecule has 0 unspecified atom stereocenters. The standard InChI is InChI=1S/C18H18N6O6P/c1-23-21-17(20-22-23)13-4-2-11(8-19-13)10-3-5-14-12(6-10)7-15-16(9-29-31(26,27)28)30-18(25)24(14)15/h2-6,8,15-16,26-28H,7,9H2,1H3/q+1/t15-,16-/m0/s1. The van der Waals surface area contributed by atoms with Gasteiger partial charge in [-0.2, -0.15) is 19.5 Å².